The maximum atomic E-state index is 9.08. The highest BCUT2D eigenvalue weighted by Crippen LogP contribution is 2.43. The quantitative estimate of drug-likeness (QED) is 0.883. The molecule has 19 heavy (non-hydrogen) atoms. The Morgan fingerprint density at radius 1 is 1.58 bits per heavy atom. The van der Waals surface area contributed by atoms with Crippen LogP contribution in [0.2, 0.25) is 0 Å². The van der Waals surface area contributed by atoms with Crippen molar-refractivity contribution in [3.8, 4) is 11.8 Å². The molecule has 0 spiro atoms. The van der Waals surface area contributed by atoms with Crippen molar-refractivity contribution in [3.63, 3.8) is 0 Å². The maximum absolute atomic E-state index is 9.08. The Hall–Kier alpha value is -1.45. The van der Waals surface area contributed by atoms with Gasteiger partial charge in [0.1, 0.15) is 21.6 Å². The van der Waals surface area contributed by atoms with Gasteiger partial charge in [-0.05, 0) is 33.9 Å². The number of thiophene rings is 1. The summed E-state index contributed by atoms with van der Waals surface area (Å²) in [6.07, 6.45) is 1.13. The van der Waals surface area contributed by atoms with Crippen LogP contribution >= 0.6 is 11.3 Å². The first-order valence-electron chi connectivity index (χ1n) is 6.45. The first-order valence-corrected chi connectivity index (χ1v) is 7.27. The number of nitriles is 1. The molecule has 0 bridgehead atoms. The van der Waals surface area contributed by atoms with E-state index in [1.54, 1.807) is 0 Å². The molecule has 104 valence electrons. The number of hydrogen-bond donors (Lipinski definition) is 2. The van der Waals surface area contributed by atoms with Crippen LogP contribution in [0, 0.1) is 11.3 Å². The number of nitrogens with zero attached hydrogens (tertiary/aromatic N) is 2. The van der Waals surface area contributed by atoms with Gasteiger partial charge in [0.2, 0.25) is 0 Å². The third-order valence-electron chi connectivity index (χ3n) is 3.08. The highest BCUT2D eigenvalue weighted by atomic mass is 32.1. The topological polar surface area (TPSA) is 74.3 Å². The minimum atomic E-state index is 0.0373. The van der Waals surface area contributed by atoms with Gasteiger partial charge < -0.3 is 20.7 Å². The molecule has 0 saturated carbocycles. The van der Waals surface area contributed by atoms with Crippen LogP contribution in [0.5, 0.6) is 5.75 Å². The molecule has 1 saturated heterocycles. The summed E-state index contributed by atoms with van der Waals surface area (Å²) in [4.78, 5) is 2.80. The summed E-state index contributed by atoms with van der Waals surface area (Å²) >= 11 is 1.38. The van der Waals surface area contributed by atoms with Crippen molar-refractivity contribution in [1.82, 2.24) is 4.90 Å². The molecule has 1 unspecified atom stereocenters. The first-order chi connectivity index (χ1) is 9.01. The third-order valence-corrected chi connectivity index (χ3v) is 4.10. The molecule has 2 heterocycles. The second-order valence-corrected chi connectivity index (χ2v) is 6.19. The summed E-state index contributed by atoms with van der Waals surface area (Å²) in [5, 5.41) is 13.4. The molecule has 0 aliphatic carbocycles. The van der Waals surface area contributed by atoms with E-state index in [0.717, 1.165) is 24.5 Å². The highest BCUT2D eigenvalue weighted by Gasteiger charge is 2.24. The summed E-state index contributed by atoms with van der Waals surface area (Å²) in [6, 6.07) is 2.52. The Bertz CT molecular complexity index is 492. The van der Waals surface area contributed by atoms with Gasteiger partial charge >= 0.3 is 0 Å². The Morgan fingerprint density at radius 2 is 2.32 bits per heavy atom. The van der Waals surface area contributed by atoms with Gasteiger partial charge in [0.05, 0.1) is 6.10 Å². The Labute approximate surface area is 118 Å². The number of hydrogen-bond acceptors (Lipinski definition) is 6. The van der Waals surface area contributed by atoms with Crippen molar-refractivity contribution < 1.29 is 4.74 Å². The number of anilines is 2. The van der Waals surface area contributed by atoms with Gasteiger partial charge in [0.15, 0.2) is 5.75 Å². The van der Waals surface area contributed by atoms with Gasteiger partial charge in [-0.1, -0.05) is 0 Å². The molecule has 1 aliphatic heterocycles. The third kappa shape index (κ3) is 3.11. The number of nitrogens with one attached hydrogen (secondary N) is 1. The summed E-state index contributed by atoms with van der Waals surface area (Å²) < 4.78 is 5.75. The monoisotopic (exact) mass is 280 g/mol. The molecule has 1 aromatic heterocycles. The molecule has 2 rings (SSSR count). The Balaban J connectivity index is 2.21. The molecular weight excluding hydrogens is 260 g/mol. The number of nitrogen functional groups attached to an aromatic ring is 1. The van der Waals surface area contributed by atoms with Crippen LogP contribution in [0.15, 0.2) is 0 Å². The molecule has 1 aromatic rings. The lowest BCUT2D eigenvalue weighted by Gasteiger charge is -2.16. The molecule has 1 fully saturated rings. The first kappa shape index (κ1) is 14.0. The largest absolute Gasteiger partial charge is 0.486 e. The fraction of sp³-hybridized carbons (Fsp3) is 0.615. The van der Waals surface area contributed by atoms with Crippen molar-refractivity contribution in [3.05, 3.63) is 4.88 Å². The van der Waals surface area contributed by atoms with Gasteiger partial charge in [0, 0.05) is 12.6 Å². The van der Waals surface area contributed by atoms with E-state index >= 15 is 0 Å². The van der Waals surface area contributed by atoms with Gasteiger partial charge in [-0.3, -0.25) is 0 Å². The van der Waals surface area contributed by atoms with Crippen LogP contribution in [-0.4, -0.2) is 37.2 Å². The lowest BCUT2D eigenvalue weighted by atomic mass is 10.2. The van der Waals surface area contributed by atoms with E-state index < -0.39 is 0 Å². The van der Waals surface area contributed by atoms with E-state index in [0.29, 0.717) is 22.4 Å². The fourth-order valence-electron chi connectivity index (χ4n) is 2.20. The zero-order valence-corrected chi connectivity index (χ0v) is 12.4. The minimum Gasteiger partial charge on any atom is -0.486 e. The standard InChI is InChI=1S/C13H20N4OS/c1-8(2)18-12-11(15)10(6-14)19-13(12)16-9-4-5-17(3)7-9/h8-9,16H,4-5,7,15H2,1-3H3. The van der Waals surface area contributed by atoms with E-state index in [2.05, 4.69) is 23.3 Å². The van der Waals surface area contributed by atoms with Gasteiger partial charge in [-0.25, -0.2) is 0 Å². The second kappa shape index (κ2) is 5.68. The van der Waals surface area contributed by atoms with Crippen molar-refractivity contribution in [1.29, 1.82) is 5.26 Å². The summed E-state index contributed by atoms with van der Waals surface area (Å²) in [7, 11) is 2.11. The molecule has 0 radical (unpaired) electrons. The molecule has 6 heteroatoms. The lowest BCUT2D eigenvalue weighted by Crippen LogP contribution is -2.23. The number of nitrogens with two attached hydrogens (primary N) is 1. The number of likely N-dealkylation sites (tertiary alicyclic amines) is 1. The van der Waals surface area contributed by atoms with Gasteiger partial charge in [0.25, 0.3) is 0 Å². The molecular formula is C13H20N4OS. The SMILES string of the molecule is CC(C)Oc1c(NC2CCN(C)C2)sc(C#N)c1N. The predicted molar refractivity (Wildman–Crippen MR) is 78.7 cm³/mol. The number of ether oxygens (including phenoxy) is 1. The van der Waals surface area contributed by atoms with E-state index in [-0.39, 0.29) is 6.10 Å². The van der Waals surface area contributed by atoms with E-state index in [1.165, 1.54) is 11.3 Å². The van der Waals surface area contributed by atoms with E-state index in [1.807, 2.05) is 13.8 Å². The van der Waals surface area contributed by atoms with Crippen molar-refractivity contribution >= 4 is 22.0 Å². The van der Waals surface area contributed by atoms with Crippen LogP contribution < -0.4 is 15.8 Å². The zero-order valence-electron chi connectivity index (χ0n) is 11.6. The van der Waals surface area contributed by atoms with Crippen LogP contribution in [0.25, 0.3) is 0 Å². The molecule has 0 amide bonds. The van der Waals surface area contributed by atoms with Crippen LogP contribution in [-0.2, 0) is 0 Å². The van der Waals surface area contributed by atoms with E-state index in [4.69, 9.17) is 15.7 Å². The Kier molecular flexibility index (Phi) is 4.17. The van der Waals surface area contributed by atoms with Crippen LogP contribution in [0.4, 0.5) is 10.7 Å². The zero-order chi connectivity index (χ0) is 14.0. The van der Waals surface area contributed by atoms with E-state index in [9.17, 15) is 0 Å². The minimum absolute atomic E-state index is 0.0373. The van der Waals surface area contributed by atoms with Gasteiger partial charge in [-0.15, -0.1) is 11.3 Å². The molecule has 1 aliphatic rings. The average Bonchev–Trinajstić information content (AvgIpc) is 2.87. The highest BCUT2D eigenvalue weighted by molar-refractivity contribution is 7.17. The normalized spacial score (nSPS) is 19.6. The summed E-state index contributed by atoms with van der Waals surface area (Å²) in [5.74, 6) is 0.631. The average molecular weight is 280 g/mol. The number of likely N-dealkylation sites (N-methyl/N-ethyl adjacent to an activating group) is 1. The van der Waals surface area contributed by atoms with Crippen molar-refractivity contribution in [2.45, 2.75) is 32.4 Å². The van der Waals surface area contributed by atoms with Crippen LogP contribution in [0.1, 0.15) is 25.1 Å². The summed E-state index contributed by atoms with van der Waals surface area (Å²) in [5.41, 5.74) is 6.43. The summed E-state index contributed by atoms with van der Waals surface area (Å²) in [6.45, 7) is 6.00. The molecule has 3 N–H and O–H groups in total. The van der Waals surface area contributed by atoms with Crippen LogP contribution in [0.3, 0.4) is 0 Å². The second-order valence-electron chi connectivity index (χ2n) is 5.17. The fourth-order valence-corrected chi connectivity index (χ4v) is 3.13. The molecule has 1 atom stereocenters. The predicted octanol–water partition coefficient (Wildman–Crippen LogP) is 2.11. The molecule has 5 nitrogen and oxygen atoms in total. The van der Waals surface area contributed by atoms with Gasteiger partial charge in [-0.2, -0.15) is 5.26 Å². The molecule has 0 aromatic carbocycles. The van der Waals surface area contributed by atoms with Crippen molar-refractivity contribution in [2.24, 2.45) is 0 Å². The Morgan fingerprint density at radius 3 is 2.84 bits per heavy atom. The maximum Gasteiger partial charge on any atom is 0.178 e. The van der Waals surface area contributed by atoms with Crippen molar-refractivity contribution in [2.75, 3.05) is 31.2 Å². The smallest absolute Gasteiger partial charge is 0.178 e. The number of rotatable bonds is 4. The lowest BCUT2D eigenvalue weighted by molar-refractivity contribution is 0.245.